The van der Waals surface area contributed by atoms with Crippen molar-refractivity contribution in [3.8, 4) is 28.6 Å². The molecule has 0 aliphatic carbocycles. The molecule has 3 aromatic carbocycles. The van der Waals surface area contributed by atoms with Crippen molar-refractivity contribution >= 4 is 35.0 Å². The molecule has 1 atom stereocenters. The number of aromatic amines is 1. The summed E-state index contributed by atoms with van der Waals surface area (Å²) >= 11 is 0. The number of nitrogens with one attached hydrogen (secondary N) is 3. The summed E-state index contributed by atoms with van der Waals surface area (Å²) < 4.78 is 1.40. The summed E-state index contributed by atoms with van der Waals surface area (Å²) in [7, 11) is 0. The Hall–Kier alpha value is -5.96. The van der Waals surface area contributed by atoms with Crippen molar-refractivity contribution in [3.63, 3.8) is 0 Å². The largest absolute Gasteiger partial charge is 0.508 e. The van der Waals surface area contributed by atoms with Gasteiger partial charge in [0.2, 0.25) is 17.7 Å². The average Bonchev–Trinajstić information content (AvgIpc) is 3.68. The zero-order valence-corrected chi connectivity index (χ0v) is 29.6. The molecular weight excluding hydrogens is 680 g/mol. The predicted molar refractivity (Wildman–Crippen MR) is 196 cm³/mol. The van der Waals surface area contributed by atoms with E-state index in [9.17, 15) is 34.2 Å². The minimum Gasteiger partial charge on any atom is -0.508 e. The lowest BCUT2D eigenvalue weighted by Crippen LogP contribution is -2.52. The second kappa shape index (κ2) is 14.6. The van der Waals surface area contributed by atoms with E-state index in [4.69, 9.17) is 0 Å². The number of carbonyl (C=O) groups excluding carboxylic acids is 4. The number of rotatable bonds is 10. The van der Waals surface area contributed by atoms with E-state index < -0.39 is 17.6 Å². The standard InChI is InChI=1S/C38H42N8O7/c1-22(2)26-19-27(32(48)20-31(26)47)35-41-42-38(53)46(35)24-10-8-23(9-11-24)44-17-15-43(16-18-44)14-4-7-33(49)39-29-6-3-5-25-28(29)21-45(37(25)52)30-12-13-34(50)40-36(30)51/h3,5-6,8-11,19-20,22,30,47-48H,4,7,12-18,21H2,1-2H3,(H,39,49)(H,42,53)(H,40,50,51)/t30-/m1/s1. The molecule has 15 heteroatoms. The van der Waals surface area contributed by atoms with Crippen LogP contribution < -0.4 is 21.2 Å². The average molecular weight is 723 g/mol. The molecule has 53 heavy (non-hydrogen) atoms. The van der Waals surface area contributed by atoms with Crippen molar-refractivity contribution in [1.82, 2.24) is 29.9 Å². The van der Waals surface area contributed by atoms with Crippen molar-refractivity contribution in [1.29, 1.82) is 0 Å². The third kappa shape index (κ3) is 7.11. The molecule has 0 saturated carbocycles. The van der Waals surface area contributed by atoms with Gasteiger partial charge in [-0.05, 0) is 73.3 Å². The number of aromatic hydroxyl groups is 2. The van der Waals surface area contributed by atoms with Crippen LogP contribution in [0.5, 0.6) is 11.5 Å². The zero-order chi connectivity index (χ0) is 37.4. The maximum absolute atomic E-state index is 13.1. The third-order valence-electron chi connectivity index (χ3n) is 10.3. The van der Waals surface area contributed by atoms with Crippen LogP contribution in [0.4, 0.5) is 11.4 Å². The molecule has 4 aromatic rings. The molecule has 276 valence electrons. The van der Waals surface area contributed by atoms with Gasteiger partial charge in [-0.25, -0.2) is 14.5 Å². The number of aromatic nitrogens is 3. The summed E-state index contributed by atoms with van der Waals surface area (Å²) in [5.74, 6) is -1.21. The summed E-state index contributed by atoms with van der Waals surface area (Å²) in [6.07, 6.45) is 1.42. The van der Waals surface area contributed by atoms with Gasteiger partial charge in [0.1, 0.15) is 17.5 Å². The number of piperidine rings is 1. The van der Waals surface area contributed by atoms with Crippen molar-refractivity contribution in [3.05, 3.63) is 81.8 Å². The van der Waals surface area contributed by atoms with E-state index in [0.29, 0.717) is 46.5 Å². The number of phenolic OH excluding ortho intramolecular Hbond substituents is 2. The maximum atomic E-state index is 13.1. The van der Waals surface area contributed by atoms with Crippen LogP contribution in [0.1, 0.15) is 66.9 Å². The SMILES string of the molecule is CC(C)c1cc(-c2n[nH]c(=O)n2-c2ccc(N3CCN(CCCC(=O)Nc4cccc5c4CN([C@@H]4CCC(=O)NC4=O)C5=O)CC3)cc2)c(O)cc1O. The monoisotopic (exact) mass is 722 g/mol. The smallest absolute Gasteiger partial charge is 0.348 e. The molecule has 0 bridgehead atoms. The first-order valence-electron chi connectivity index (χ1n) is 17.9. The molecule has 1 aromatic heterocycles. The summed E-state index contributed by atoms with van der Waals surface area (Å²) in [5, 5.41) is 32.8. The van der Waals surface area contributed by atoms with E-state index >= 15 is 0 Å². The Balaban J connectivity index is 0.907. The molecule has 4 amide bonds. The van der Waals surface area contributed by atoms with Gasteiger partial charge in [0, 0.05) is 74.1 Å². The van der Waals surface area contributed by atoms with E-state index in [0.717, 1.165) is 38.4 Å². The lowest BCUT2D eigenvalue weighted by Gasteiger charge is -2.36. The summed E-state index contributed by atoms with van der Waals surface area (Å²) in [6.45, 7) is 8.01. The number of phenols is 2. The first-order chi connectivity index (χ1) is 25.5. The number of hydrogen-bond donors (Lipinski definition) is 5. The van der Waals surface area contributed by atoms with Crippen LogP contribution in [-0.4, -0.2) is 97.2 Å². The number of nitrogens with zero attached hydrogens (tertiary/aromatic N) is 5. The van der Waals surface area contributed by atoms with E-state index in [1.807, 2.05) is 38.1 Å². The number of imide groups is 1. The lowest BCUT2D eigenvalue weighted by atomic mass is 9.98. The summed E-state index contributed by atoms with van der Waals surface area (Å²) in [4.78, 5) is 69.0. The van der Waals surface area contributed by atoms with Gasteiger partial charge in [-0.1, -0.05) is 19.9 Å². The molecule has 2 fully saturated rings. The number of hydrogen-bond acceptors (Lipinski definition) is 10. The molecule has 4 heterocycles. The molecule has 2 saturated heterocycles. The highest BCUT2D eigenvalue weighted by Crippen LogP contribution is 2.37. The third-order valence-corrected chi connectivity index (χ3v) is 10.3. The van der Waals surface area contributed by atoms with Crippen LogP contribution in [0, 0.1) is 0 Å². The van der Waals surface area contributed by atoms with E-state index in [1.165, 1.54) is 15.5 Å². The highest BCUT2D eigenvalue weighted by molar-refractivity contribution is 6.06. The lowest BCUT2D eigenvalue weighted by molar-refractivity contribution is -0.137. The van der Waals surface area contributed by atoms with Gasteiger partial charge < -0.3 is 25.3 Å². The molecule has 3 aliphatic rings. The van der Waals surface area contributed by atoms with Gasteiger partial charge in [0.05, 0.1) is 11.3 Å². The number of H-pyrrole nitrogens is 1. The fourth-order valence-electron chi connectivity index (χ4n) is 7.37. The molecular formula is C38H42N8O7. The number of amides is 4. The van der Waals surface area contributed by atoms with E-state index in [-0.39, 0.29) is 60.3 Å². The molecule has 7 rings (SSSR count). The topological polar surface area (TPSA) is 193 Å². The number of carbonyl (C=O) groups is 4. The zero-order valence-electron chi connectivity index (χ0n) is 29.6. The van der Waals surface area contributed by atoms with Gasteiger partial charge in [0.25, 0.3) is 5.91 Å². The second-order valence-electron chi connectivity index (χ2n) is 14.0. The first kappa shape index (κ1) is 35.4. The Kier molecular flexibility index (Phi) is 9.75. The van der Waals surface area contributed by atoms with Gasteiger partial charge in [-0.2, -0.15) is 5.10 Å². The van der Waals surface area contributed by atoms with Crippen LogP contribution in [0.2, 0.25) is 0 Å². The normalized spacial score (nSPS) is 17.7. The quantitative estimate of drug-likeness (QED) is 0.152. The molecule has 0 radical (unpaired) electrons. The highest BCUT2D eigenvalue weighted by Gasteiger charge is 2.40. The van der Waals surface area contributed by atoms with Crippen molar-refractivity contribution in [2.24, 2.45) is 0 Å². The van der Waals surface area contributed by atoms with Crippen LogP contribution in [0.25, 0.3) is 17.1 Å². The minimum atomic E-state index is -0.718. The van der Waals surface area contributed by atoms with Gasteiger partial charge >= 0.3 is 5.69 Å². The van der Waals surface area contributed by atoms with Crippen LogP contribution >= 0.6 is 0 Å². The summed E-state index contributed by atoms with van der Waals surface area (Å²) in [5.41, 5.74) is 3.79. The van der Waals surface area contributed by atoms with Gasteiger partial charge in [-0.3, -0.25) is 29.4 Å². The Morgan fingerprint density at radius 2 is 1.68 bits per heavy atom. The van der Waals surface area contributed by atoms with Crippen LogP contribution in [0.15, 0.2) is 59.4 Å². The molecule has 15 nitrogen and oxygen atoms in total. The van der Waals surface area contributed by atoms with Gasteiger partial charge in [-0.15, -0.1) is 0 Å². The van der Waals surface area contributed by atoms with Crippen molar-refractivity contribution in [2.45, 2.75) is 58.0 Å². The molecule has 5 N–H and O–H groups in total. The second-order valence-corrected chi connectivity index (χ2v) is 14.0. The van der Waals surface area contributed by atoms with Crippen LogP contribution in [0.3, 0.4) is 0 Å². The number of anilines is 2. The van der Waals surface area contributed by atoms with E-state index in [1.54, 1.807) is 24.3 Å². The van der Waals surface area contributed by atoms with Crippen molar-refractivity contribution in [2.75, 3.05) is 42.9 Å². The Morgan fingerprint density at radius 3 is 2.40 bits per heavy atom. The molecule has 0 unspecified atom stereocenters. The number of piperazine rings is 1. The predicted octanol–water partition coefficient (Wildman–Crippen LogP) is 3.06. The molecule has 0 spiro atoms. The Labute approximate surface area is 305 Å². The fraction of sp³-hybridized carbons (Fsp3) is 0.368. The maximum Gasteiger partial charge on any atom is 0.348 e. The Bertz CT molecular complexity index is 2130. The molecule has 3 aliphatic heterocycles. The number of benzene rings is 3. The Morgan fingerprint density at radius 1 is 0.943 bits per heavy atom. The van der Waals surface area contributed by atoms with Gasteiger partial charge in [0.15, 0.2) is 5.82 Å². The van der Waals surface area contributed by atoms with Crippen LogP contribution in [-0.2, 0) is 20.9 Å². The van der Waals surface area contributed by atoms with Crippen molar-refractivity contribution < 1.29 is 29.4 Å². The highest BCUT2D eigenvalue weighted by atomic mass is 16.3. The first-order valence-corrected chi connectivity index (χ1v) is 17.9. The number of fused-ring (bicyclic) bond motifs is 1. The van der Waals surface area contributed by atoms with E-state index in [2.05, 4.69) is 30.6 Å². The summed E-state index contributed by atoms with van der Waals surface area (Å²) in [6, 6.07) is 15.0. The minimum absolute atomic E-state index is 0.00877. The fourth-order valence-corrected chi connectivity index (χ4v) is 7.37.